The second-order valence-corrected chi connectivity index (χ2v) is 12.7. The number of aromatic nitrogens is 1. The van der Waals surface area contributed by atoms with E-state index in [0.717, 1.165) is 36.8 Å². The van der Waals surface area contributed by atoms with E-state index >= 15 is 0 Å². The van der Waals surface area contributed by atoms with Crippen LogP contribution in [0, 0.1) is 30.4 Å². The highest BCUT2D eigenvalue weighted by Gasteiger charge is 2.36. The Labute approximate surface area is 239 Å². The molecule has 0 aliphatic carbocycles. The third-order valence-corrected chi connectivity index (χ3v) is 9.97. The average Bonchev–Trinajstić information content (AvgIpc) is 3.34. The summed E-state index contributed by atoms with van der Waals surface area (Å²) in [6.45, 7) is 6.19. The fraction of sp³-hybridized carbons (Fsp3) is 0.400. The molecule has 0 saturated carbocycles. The molecule has 11 heteroatoms. The second-order valence-electron chi connectivity index (χ2n) is 10.8. The Morgan fingerprint density at radius 1 is 1.00 bits per heavy atom. The summed E-state index contributed by atoms with van der Waals surface area (Å²) in [5.41, 5.74) is 2.11. The average molecular weight is 585 g/mol. The summed E-state index contributed by atoms with van der Waals surface area (Å²) in [6.07, 6.45) is 5.70. The lowest BCUT2D eigenvalue weighted by Gasteiger charge is -2.32. The predicted octanol–water partition coefficient (Wildman–Crippen LogP) is 5.71. The summed E-state index contributed by atoms with van der Waals surface area (Å²) >= 11 is 0. The van der Waals surface area contributed by atoms with Crippen LogP contribution in [-0.2, 0) is 14.8 Å². The summed E-state index contributed by atoms with van der Waals surface area (Å²) in [4.78, 5) is 15.2. The van der Waals surface area contributed by atoms with Crippen LogP contribution in [0.1, 0.15) is 49.6 Å². The molecule has 218 valence electrons. The van der Waals surface area contributed by atoms with Crippen molar-refractivity contribution in [2.24, 2.45) is 11.8 Å². The first-order valence-electron chi connectivity index (χ1n) is 13.9. The van der Waals surface area contributed by atoms with Gasteiger partial charge >= 0.3 is 0 Å². The summed E-state index contributed by atoms with van der Waals surface area (Å²) in [5, 5.41) is 6.78. The first-order valence-corrected chi connectivity index (χ1v) is 15.3. The molecule has 0 radical (unpaired) electrons. The topological polar surface area (TPSA) is 95.8 Å². The van der Waals surface area contributed by atoms with Crippen molar-refractivity contribution < 1.29 is 26.5 Å². The molecule has 41 heavy (non-hydrogen) atoms. The van der Waals surface area contributed by atoms with Gasteiger partial charge in [0, 0.05) is 55.1 Å². The molecule has 1 amide bonds. The Hall–Kier alpha value is -3.57. The SMILES string of the molecule is Cc1noc(C=Cc2ccc(F)cc2F)c1S(=O)(=O)N1CCC(C(=O)Nc2ccc(N3CCC(C)CC3)cc2)CC1. The highest BCUT2D eigenvalue weighted by Crippen LogP contribution is 2.30. The number of carbonyl (C=O) groups is 1. The molecule has 8 nitrogen and oxygen atoms in total. The molecular formula is C30H34F2N4O4S. The van der Waals surface area contributed by atoms with Gasteiger partial charge in [-0.3, -0.25) is 4.79 Å². The second kappa shape index (κ2) is 12.1. The third kappa shape index (κ3) is 6.51. The monoisotopic (exact) mass is 584 g/mol. The highest BCUT2D eigenvalue weighted by molar-refractivity contribution is 7.89. The van der Waals surface area contributed by atoms with Gasteiger partial charge in [0.05, 0.1) is 0 Å². The van der Waals surface area contributed by atoms with E-state index in [-0.39, 0.29) is 46.8 Å². The van der Waals surface area contributed by atoms with Crippen molar-refractivity contribution in [3.05, 3.63) is 71.1 Å². The van der Waals surface area contributed by atoms with E-state index in [2.05, 4.69) is 22.3 Å². The first-order chi connectivity index (χ1) is 19.6. The molecule has 0 unspecified atom stereocenters. The maximum Gasteiger partial charge on any atom is 0.248 e. The van der Waals surface area contributed by atoms with Gasteiger partial charge in [0.25, 0.3) is 0 Å². The molecule has 2 aliphatic rings. The van der Waals surface area contributed by atoms with Gasteiger partial charge in [-0.2, -0.15) is 4.31 Å². The van der Waals surface area contributed by atoms with Crippen molar-refractivity contribution in [1.29, 1.82) is 0 Å². The van der Waals surface area contributed by atoms with Crippen LogP contribution in [0.25, 0.3) is 12.2 Å². The molecule has 0 bridgehead atoms. The minimum Gasteiger partial charge on any atom is -0.372 e. The van der Waals surface area contributed by atoms with Crippen molar-refractivity contribution in [1.82, 2.24) is 9.46 Å². The van der Waals surface area contributed by atoms with E-state index in [9.17, 15) is 22.0 Å². The van der Waals surface area contributed by atoms with E-state index < -0.39 is 21.7 Å². The minimum atomic E-state index is -3.99. The van der Waals surface area contributed by atoms with Gasteiger partial charge in [0.15, 0.2) is 10.7 Å². The number of benzene rings is 2. The van der Waals surface area contributed by atoms with Crippen molar-refractivity contribution in [3.63, 3.8) is 0 Å². The number of hydrogen-bond acceptors (Lipinski definition) is 6. The maximum atomic E-state index is 14.0. The Morgan fingerprint density at radius 3 is 2.34 bits per heavy atom. The minimum absolute atomic E-state index is 0.0476. The number of carbonyl (C=O) groups excluding carboxylic acids is 1. The van der Waals surface area contributed by atoms with Crippen molar-refractivity contribution in [2.75, 3.05) is 36.4 Å². The Morgan fingerprint density at radius 2 is 1.68 bits per heavy atom. The lowest BCUT2D eigenvalue weighted by atomic mass is 9.97. The molecule has 2 aromatic carbocycles. The Balaban J connectivity index is 1.20. The fourth-order valence-electron chi connectivity index (χ4n) is 5.36. The number of aryl methyl sites for hydroxylation is 1. The Kier molecular flexibility index (Phi) is 8.55. The summed E-state index contributed by atoms with van der Waals surface area (Å²) in [5.74, 6) is -1.24. The third-order valence-electron chi connectivity index (χ3n) is 7.92. The number of halogens is 2. The van der Waals surface area contributed by atoms with E-state index in [0.29, 0.717) is 18.5 Å². The molecule has 2 saturated heterocycles. The zero-order valence-corrected chi connectivity index (χ0v) is 24.0. The number of rotatable bonds is 7. The molecule has 1 aromatic heterocycles. The van der Waals surface area contributed by atoms with E-state index in [1.54, 1.807) is 0 Å². The number of nitrogens with one attached hydrogen (secondary N) is 1. The molecule has 3 aromatic rings. The normalized spacial score (nSPS) is 17.8. The summed E-state index contributed by atoms with van der Waals surface area (Å²) in [6, 6.07) is 11.0. The smallest absolute Gasteiger partial charge is 0.248 e. The van der Waals surface area contributed by atoms with E-state index in [1.807, 2.05) is 24.3 Å². The van der Waals surface area contributed by atoms with Crippen LogP contribution in [-0.4, -0.2) is 50.0 Å². The lowest BCUT2D eigenvalue weighted by Crippen LogP contribution is -2.41. The highest BCUT2D eigenvalue weighted by atomic mass is 32.2. The molecule has 1 N–H and O–H groups in total. The van der Waals surface area contributed by atoms with Crippen LogP contribution in [0.4, 0.5) is 20.2 Å². The van der Waals surface area contributed by atoms with Gasteiger partial charge in [-0.25, -0.2) is 17.2 Å². The number of piperidine rings is 2. The van der Waals surface area contributed by atoms with Gasteiger partial charge in [-0.15, -0.1) is 0 Å². The molecule has 2 fully saturated rings. The number of amides is 1. The van der Waals surface area contributed by atoms with Crippen molar-refractivity contribution in [3.8, 4) is 0 Å². The molecule has 2 aliphatic heterocycles. The number of nitrogens with zero attached hydrogens (tertiary/aromatic N) is 3. The van der Waals surface area contributed by atoms with Crippen LogP contribution in [0.3, 0.4) is 0 Å². The van der Waals surface area contributed by atoms with Crippen molar-refractivity contribution >= 4 is 39.5 Å². The number of sulfonamides is 1. The quantitative estimate of drug-likeness (QED) is 0.383. The van der Waals surface area contributed by atoms with Crippen molar-refractivity contribution in [2.45, 2.75) is 44.4 Å². The van der Waals surface area contributed by atoms with E-state index in [4.69, 9.17) is 4.52 Å². The van der Waals surface area contributed by atoms with Gasteiger partial charge < -0.3 is 14.7 Å². The predicted molar refractivity (Wildman–Crippen MR) is 154 cm³/mol. The van der Waals surface area contributed by atoms with Gasteiger partial charge in [-0.1, -0.05) is 12.1 Å². The van der Waals surface area contributed by atoms with Gasteiger partial charge in [0.2, 0.25) is 15.9 Å². The van der Waals surface area contributed by atoms with Crippen LogP contribution >= 0.6 is 0 Å². The van der Waals surface area contributed by atoms with Crippen LogP contribution in [0.15, 0.2) is 51.9 Å². The summed E-state index contributed by atoms with van der Waals surface area (Å²) in [7, 11) is -3.99. The largest absolute Gasteiger partial charge is 0.372 e. The molecule has 0 spiro atoms. The zero-order chi connectivity index (χ0) is 29.1. The summed E-state index contributed by atoms with van der Waals surface area (Å²) < 4.78 is 60.8. The molecule has 3 heterocycles. The molecular weight excluding hydrogens is 550 g/mol. The lowest BCUT2D eigenvalue weighted by molar-refractivity contribution is -0.120. The van der Waals surface area contributed by atoms with Gasteiger partial charge in [0.1, 0.15) is 17.3 Å². The Bertz CT molecular complexity index is 1520. The first kappa shape index (κ1) is 28.9. The number of anilines is 2. The number of hydrogen-bond donors (Lipinski definition) is 1. The van der Waals surface area contributed by atoms with Crippen LogP contribution in [0.5, 0.6) is 0 Å². The molecule has 5 rings (SSSR count). The molecule has 0 atom stereocenters. The fourth-order valence-corrected chi connectivity index (χ4v) is 7.07. The van der Waals surface area contributed by atoms with Gasteiger partial charge in [-0.05, 0) is 87.1 Å². The van der Waals surface area contributed by atoms with Crippen LogP contribution < -0.4 is 10.2 Å². The zero-order valence-electron chi connectivity index (χ0n) is 23.1. The maximum absolute atomic E-state index is 14.0. The van der Waals surface area contributed by atoms with Crippen LogP contribution in [0.2, 0.25) is 0 Å². The van der Waals surface area contributed by atoms with E-state index in [1.165, 1.54) is 42.3 Å². The standard InChI is InChI=1S/C30H34F2N4O4S/c1-20-11-15-35(16-12-20)26-8-6-25(7-9-26)33-30(37)23-13-17-36(18-14-23)41(38,39)29-21(2)34-40-28(29)10-4-22-3-5-24(31)19-27(22)32/h3-10,19-20,23H,11-18H2,1-2H3,(H,33,37).